The van der Waals surface area contributed by atoms with E-state index in [1.165, 1.54) is 30.0 Å². The van der Waals surface area contributed by atoms with Crippen LogP contribution in [0.1, 0.15) is 18.4 Å². The van der Waals surface area contributed by atoms with Crippen molar-refractivity contribution in [3.63, 3.8) is 0 Å². The molecule has 0 spiro atoms. The van der Waals surface area contributed by atoms with Crippen LogP contribution in [0.2, 0.25) is 5.02 Å². The minimum absolute atomic E-state index is 0.0703. The second-order valence-electron chi connectivity index (χ2n) is 7.16. The Kier molecular flexibility index (Phi) is 7.04. The average Bonchev–Trinajstić information content (AvgIpc) is 2.76. The molecule has 0 saturated carbocycles. The van der Waals surface area contributed by atoms with Crippen LogP contribution in [0.15, 0.2) is 60.3 Å². The van der Waals surface area contributed by atoms with Crippen molar-refractivity contribution in [3.8, 4) is 6.07 Å². The fraction of sp³-hybridized carbons (Fsp3) is 0.273. The van der Waals surface area contributed by atoms with Gasteiger partial charge in [-0.2, -0.15) is 5.26 Å². The first-order chi connectivity index (χ1) is 14.5. The average molecular weight is 425 g/mol. The molecule has 0 unspecified atom stereocenters. The highest BCUT2D eigenvalue weighted by molar-refractivity contribution is 6.33. The number of nitrogens with one attached hydrogen (secondary N) is 1. The van der Waals surface area contributed by atoms with E-state index in [2.05, 4.69) is 17.4 Å². The Hall–Kier alpha value is -3.37. The Balaban J connectivity index is 1.61. The molecule has 3 rings (SSSR count). The summed E-state index contributed by atoms with van der Waals surface area (Å²) >= 11 is 6.05. The SMILES string of the molecule is N#C/C(=C/Nc1cc([N+](=O)[O-])ccc1Cl)C(=O)N1CCC(Cc2ccccc2)CC1. The Morgan fingerprint density at radius 3 is 2.60 bits per heavy atom. The number of carbonyl (C=O) groups excluding carboxylic acids is 1. The fourth-order valence-electron chi connectivity index (χ4n) is 3.49. The number of amides is 1. The lowest BCUT2D eigenvalue weighted by atomic mass is 9.90. The highest BCUT2D eigenvalue weighted by Crippen LogP contribution is 2.27. The van der Waals surface area contributed by atoms with Crippen LogP contribution in [0.25, 0.3) is 0 Å². The van der Waals surface area contributed by atoms with Crippen molar-refractivity contribution in [2.24, 2.45) is 5.92 Å². The summed E-state index contributed by atoms with van der Waals surface area (Å²) in [5.74, 6) is 0.150. The van der Waals surface area contributed by atoms with Crippen molar-refractivity contribution in [1.29, 1.82) is 5.26 Å². The van der Waals surface area contributed by atoms with Gasteiger partial charge in [0, 0.05) is 31.4 Å². The summed E-state index contributed by atoms with van der Waals surface area (Å²) < 4.78 is 0. The van der Waals surface area contributed by atoms with Crippen LogP contribution in [-0.2, 0) is 11.2 Å². The molecule has 7 nitrogen and oxygen atoms in total. The van der Waals surface area contributed by atoms with Gasteiger partial charge in [-0.05, 0) is 36.8 Å². The number of nitrogens with zero attached hydrogens (tertiary/aromatic N) is 3. The van der Waals surface area contributed by atoms with E-state index < -0.39 is 4.92 Å². The maximum Gasteiger partial charge on any atom is 0.271 e. The van der Waals surface area contributed by atoms with E-state index in [-0.39, 0.29) is 27.9 Å². The van der Waals surface area contributed by atoms with Crippen LogP contribution in [0, 0.1) is 27.4 Å². The molecule has 1 heterocycles. The van der Waals surface area contributed by atoms with Crippen molar-refractivity contribution < 1.29 is 9.72 Å². The third kappa shape index (κ3) is 5.37. The summed E-state index contributed by atoms with van der Waals surface area (Å²) in [6.45, 7) is 1.18. The zero-order valence-corrected chi connectivity index (χ0v) is 17.0. The van der Waals surface area contributed by atoms with Gasteiger partial charge in [-0.1, -0.05) is 41.9 Å². The minimum Gasteiger partial charge on any atom is -0.359 e. The molecule has 0 bridgehead atoms. The number of piperidine rings is 1. The third-order valence-electron chi connectivity index (χ3n) is 5.15. The van der Waals surface area contributed by atoms with Gasteiger partial charge >= 0.3 is 0 Å². The Morgan fingerprint density at radius 2 is 1.97 bits per heavy atom. The number of non-ortho nitro benzene ring substituents is 1. The number of benzene rings is 2. The van der Waals surface area contributed by atoms with Crippen LogP contribution in [-0.4, -0.2) is 28.8 Å². The molecule has 8 heteroatoms. The molecule has 1 N–H and O–H groups in total. The lowest BCUT2D eigenvalue weighted by Gasteiger charge is -2.32. The number of rotatable bonds is 6. The summed E-state index contributed by atoms with van der Waals surface area (Å²) in [5.41, 5.74) is 1.34. The first-order valence-electron chi connectivity index (χ1n) is 9.62. The summed E-state index contributed by atoms with van der Waals surface area (Å²) in [5, 5.41) is 23.3. The van der Waals surface area contributed by atoms with Crippen molar-refractivity contribution >= 4 is 28.9 Å². The van der Waals surface area contributed by atoms with Crippen LogP contribution < -0.4 is 5.32 Å². The van der Waals surface area contributed by atoms with Crippen LogP contribution >= 0.6 is 11.6 Å². The molecular weight excluding hydrogens is 404 g/mol. The number of halogens is 1. The van der Waals surface area contributed by atoms with Crippen LogP contribution in [0.5, 0.6) is 0 Å². The van der Waals surface area contributed by atoms with Gasteiger partial charge in [-0.25, -0.2) is 0 Å². The normalized spacial score (nSPS) is 14.8. The smallest absolute Gasteiger partial charge is 0.271 e. The predicted octanol–water partition coefficient (Wildman–Crippen LogP) is 4.55. The molecule has 1 amide bonds. The van der Waals surface area contributed by atoms with Gasteiger partial charge in [0.25, 0.3) is 11.6 Å². The van der Waals surface area contributed by atoms with Gasteiger partial charge in [0.15, 0.2) is 0 Å². The number of hydrogen-bond donors (Lipinski definition) is 1. The van der Waals surface area contributed by atoms with Crippen LogP contribution in [0.3, 0.4) is 0 Å². The molecule has 0 aromatic heterocycles. The third-order valence-corrected chi connectivity index (χ3v) is 5.48. The second kappa shape index (κ2) is 9.90. The molecule has 1 fully saturated rings. The second-order valence-corrected chi connectivity index (χ2v) is 7.57. The number of carbonyl (C=O) groups is 1. The van der Waals surface area contributed by atoms with Gasteiger partial charge in [0.2, 0.25) is 0 Å². The van der Waals surface area contributed by atoms with E-state index in [4.69, 9.17) is 11.6 Å². The number of likely N-dealkylation sites (tertiary alicyclic amines) is 1. The number of nitriles is 1. The summed E-state index contributed by atoms with van der Waals surface area (Å²) in [6, 6.07) is 16.1. The molecule has 1 aliphatic heterocycles. The van der Waals surface area contributed by atoms with Gasteiger partial charge < -0.3 is 10.2 Å². The number of anilines is 1. The highest BCUT2D eigenvalue weighted by atomic mass is 35.5. The van der Waals surface area contributed by atoms with E-state index in [9.17, 15) is 20.2 Å². The molecule has 2 aromatic carbocycles. The molecule has 0 aliphatic carbocycles. The lowest BCUT2D eigenvalue weighted by molar-refractivity contribution is -0.384. The first kappa shape index (κ1) is 21.3. The summed E-state index contributed by atoms with van der Waals surface area (Å²) in [4.78, 5) is 24.8. The van der Waals surface area contributed by atoms with E-state index in [0.29, 0.717) is 19.0 Å². The summed E-state index contributed by atoms with van der Waals surface area (Å²) in [6.07, 6.45) is 3.99. The van der Waals surface area contributed by atoms with E-state index in [0.717, 1.165) is 19.3 Å². The van der Waals surface area contributed by atoms with Gasteiger partial charge in [0.1, 0.15) is 11.6 Å². The van der Waals surface area contributed by atoms with Gasteiger partial charge in [-0.15, -0.1) is 0 Å². The van der Waals surface area contributed by atoms with Gasteiger partial charge in [0.05, 0.1) is 15.6 Å². The number of hydrogen-bond acceptors (Lipinski definition) is 5. The number of nitro benzene ring substituents is 1. The van der Waals surface area contributed by atoms with E-state index in [1.54, 1.807) is 4.90 Å². The molecular formula is C22H21ClN4O3. The van der Waals surface area contributed by atoms with Crippen molar-refractivity contribution in [1.82, 2.24) is 4.90 Å². The van der Waals surface area contributed by atoms with E-state index >= 15 is 0 Å². The maximum absolute atomic E-state index is 12.7. The van der Waals surface area contributed by atoms with Gasteiger partial charge in [-0.3, -0.25) is 14.9 Å². The zero-order chi connectivity index (χ0) is 21.5. The largest absolute Gasteiger partial charge is 0.359 e. The number of nitro groups is 1. The molecule has 0 radical (unpaired) electrons. The highest BCUT2D eigenvalue weighted by Gasteiger charge is 2.25. The molecule has 1 saturated heterocycles. The Labute approximate surface area is 179 Å². The maximum atomic E-state index is 12.7. The van der Waals surface area contributed by atoms with Crippen molar-refractivity contribution in [2.75, 3.05) is 18.4 Å². The topological polar surface area (TPSA) is 99.3 Å². The predicted molar refractivity (Wildman–Crippen MR) is 115 cm³/mol. The zero-order valence-electron chi connectivity index (χ0n) is 16.3. The molecule has 2 aromatic rings. The minimum atomic E-state index is -0.541. The Morgan fingerprint density at radius 1 is 1.27 bits per heavy atom. The van der Waals surface area contributed by atoms with Crippen LogP contribution in [0.4, 0.5) is 11.4 Å². The lowest BCUT2D eigenvalue weighted by Crippen LogP contribution is -2.39. The van der Waals surface area contributed by atoms with Crippen molar-refractivity contribution in [2.45, 2.75) is 19.3 Å². The van der Waals surface area contributed by atoms with Crippen molar-refractivity contribution in [3.05, 3.63) is 81.0 Å². The van der Waals surface area contributed by atoms with E-state index in [1.807, 2.05) is 24.3 Å². The Bertz CT molecular complexity index is 993. The molecule has 154 valence electrons. The molecule has 30 heavy (non-hydrogen) atoms. The molecule has 1 aliphatic rings. The quantitative estimate of drug-likeness (QED) is 0.317. The first-order valence-corrected chi connectivity index (χ1v) is 9.99. The molecule has 0 atom stereocenters. The fourth-order valence-corrected chi connectivity index (χ4v) is 3.66. The monoisotopic (exact) mass is 424 g/mol. The standard InChI is InChI=1S/C22H21ClN4O3/c23-20-7-6-19(27(29)30)13-21(20)25-15-18(14-24)22(28)26-10-8-17(9-11-26)12-16-4-2-1-3-5-16/h1-7,13,15,17,25H,8-12H2/b18-15-. The summed E-state index contributed by atoms with van der Waals surface area (Å²) in [7, 11) is 0.